The van der Waals surface area contributed by atoms with E-state index in [1.807, 2.05) is 0 Å². The minimum absolute atomic E-state index is 0.276. The Labute approximate surface area is 103 Å². The molecule has 2 nitrogen and oxygen atoms in total. The summed E-state index contributed by atoms with van der Waals surface area (Å²) in [6.07, 6.45) is 0.626. The standard InChI is InChI=1S/C13H8ClFO2/c14-12-2-1-3-13(11(12)8-16)17-10-6-4-9(15)5-7-10/h1-8H. The highest BCUT2D eigenvalue weighted by Gasteiger charge is 2.08. The summed E-state index contributed by atoms with van der Waals surface area (Å²) in [5, 5.41) is 0.319. The summed E-state index contributed by atoms with van der Waals surface area (Å²) in [5.41, 5.74) is 0.276. The van der Waals surface area contributed by atoms with Crippen LogP contribution in [-0.2, 0) is 0 Å². The second-order valence-electron chi connectivity index (χ2n) is 3.33. The van der Waals surface area contributed by atoms with E-state index in [0.717, 1.165) is 0 Å². The number of ether oxygens (including phenoxy) is 1. The van der Waals surface area contributed by atoms with Crippen molar-refractivity contribution in [3.05, 3.63) is 58.9 Å². The van der Waals surface area contributed by atoms with E-state index >= 15 is 0 Å². The van der Waals surface area contributed by atoms with E-state index in [2.05, 4.69) is 0 Å². The maximum atomic E-state index is 12.7. The lowest BCUT2D eigenvalue weighted by Gasteiger charge is -2.08. The molecule has 0 amide bonds. The van der Waals surface area contributed by atoms with Gasteiger partial charge in [0.1, 0.15) is 17.3 Å². The topological polar surface area (TPSA) is 26.3 Å². The Bertz CT molecular complexity index is 538. The second-order valence-corrected chi connectivity index (χ2v) is 3.73. The summed E-state index contributed by atoms with van der Waals surface area (Å²) in [6, 6.07) is 10.4. The van der Waals surface area contributed by atoms with Crippen LogP contribution in [0, 0.1) is 5.82 Å². The molecular formula is C13H8ClFO2. The number of hydrogen-bond acceptors (Lipinski definition) is 2. The van der Waals surface area contributed by atoms with Gasteiger partial charge in [0, 0.05) is 0 Å². The van der Waals surface area contributed by atoms with Crippen molar-refractivity contribution >= 4 is 17.9 Å². The molecule has 0 fully saturated rings. The van der Waals surface area contributed by atoms with Crippen LogP contribution in [0.5, 0.6) is 11.5 Å². The first-order valence-electron chi connectivity index (χ1n) is 4.88. The summed E-state index contributed by atoms with van der Waals surface area (Å²) in [4.78, 5) is 10.9. The van der Waals surface area contributed by atoms with Gasteiger partial charge >= 0.3 is 0 Å². The molecule has 86 valence electrons. The third-order valence-corrected chi connectivity index (χ3v) is 2.50. The lowest BCUT2D eigenvalue weighted by atomic mass is 10.2. The fraction of sp³-hybridized carbons (Fsp3) is 0. The number of hydrogen-bond donors (Lipinski definition) is 0. The maximum absolute atomic E-state index is 12.7. The minimum atomic E-state index is -0.348. The van der Waals surface area contributed by atoms with E-state index in [1.165, 1.54) is 24.3 Å². The molecule has 0 radical (unpaired) electrons. The van der Waals surface area contributed by atoms with Crippen LogP contribution in [-0.4, -0.2) is 6.29 Å². The SMILES string of the molecule is O=Cc1c(Cl)cccc1Oc1ccc(F)cc1. The Balaban J connectivity index is 2.33. The van der Waals surface area contributed by atoms with Crippen molar-refractivity contribution in [2.75, 3.05) is 0 Å². The molecular weight excluding hydrogens is 243 g/mol. The average molecular weight is 251 g/mol. The van der Waals surface area contributed by atoms with Gasteiger partial charge < -0.3 is 4.74 Å². The van der Waals surface area contributed by atoms with Crippen LogP contribution in [0.15, 0.2) is 42.5 Å². The average Bonchev–Trinajstić information content (AvgIpc) is 2.32. The molecule has 0 saturated heterocycles. The van der Waals surface area contributed by atoms with Crippen LogP contribution in [0.2, 0.25) is 5.02 Å². The number of carbonyl (C=O) groups excluding carboxylic acids is 1. The molecule has 0 bridgehead atoms. The Morgan fingerprint density at radius 1 is 1.12 bits per heavy atom. The first kappa shape index (κ1) is 11.6. The Morgan fingerprint density at radius 2 is 1.82 bits per heavy atom. The van der Waals surface area contributed by atoms with Crippen LogP contribution in [0.1, 0.15) is 10.4 Å². The molecule has 0 saturated carbocycles. The van der Waals surface area contributed by atoms with Gasteiger partial charge in [0.05, 0.1) is 10.6 Å². The highest BCUT2D eigenvalue weighted by atomic mass is 35.5. The van der Waals surface area contributed by atoms with E-state index in [-0.39, 0.29) is 11.4 Å². The molecule has 0 spiro atoms. The molecule has 0 aromatic heterocycles. The third kappa shape index (κ3) is 2.63. The Morgan fingerprint density at radius 3 is 2.47 bits per heavy atom. The van der Waals surface area contributed by atoms with Gasteiger partial charge in [-0.05, 0) is 36.4 Å². The Hall–Kier alpha value is -1.87. The molecule has 0 aliphatic heterocycles. The molecule has 0 atom stereocenters. The summed E-state index contributed by atoms with van der Waals surface area (Å²) in [6.45, 7) is 0. The lowest BCUT2D eigenvalue weighted by molar-refractivity contribution is 0.112. The molecule has 0 N–H and O–H groups in total. The second kappa shape index (κ2) is 4.97. The molecule has 17 heavy (non-hydrogen) atoms. The van der Waals surface area contributed by atoms with Gasteiger partial charge in [0.25, 0.3) is 0 Å². The van der Waals surface area contributed by atoms with Gasteiger partial charge in [-0.3, -0.25) is 4.79 Å². The van der Waals surface area contributed by atoms with Crippen LogP contribution >= 0.6 is 11.6 Å². The zero-order chi connectivity index (χ0) is 12.3. The lowest BCUT2D eigenvalue weighted by Crippen LogP contribution is -1.91. The number of carbonyl (C=O) groups is 1. The summed E-state index contributed by atoms with van der Waals surface area (Å²) < 4.78 is 18.2. The quantitative estimate of drug-likeness (QED) is 0.767. The van der Waals surface area contributed by atoms with Crippen molar-refractivity contribution in [1.29, 1.82) is 0 Å². The minimum Gasteiger partial charge on any atom is -0.457 e. The number of aldehydes is 1. The molecule has 2 aromatic carbocycles. The van der Waals surface area contributed by atoms with Crippen molar-refractivity contribution in [3.63, 3.8) is 0 Å². The molecule has 0 aliphatic carbocycles. The summed E-state index contributed by atoms with van der Waals surface area (Å²) >= 11 is 5.85. The largest absolute Gasteiger partial charge is 0.457 e. The highest BCUT2D eigenvalue weighted by molar-refractivity contribution is 6.33. The molecule has 0 heterocycles. The van der Waals surface area contributed by atoms with Gasteiger partial charge in [-0.1, -0.05) is 17.7 Å². The van der Waals surface area contributed by atoms with E-state index in [9.17, 15) is 9.18 Å². The normalized spacial score (nSPS) is 10.0. The third-order valence-electron chi connectivity index (χ3n) is 2.17. The van der Waals surface area contributed by atoms with Gasteiger partial charge in [0.15, 0.2) is 6.29 Å². The summed E-state index contributed by atoms with van der Waals surface area (Å²) in [7, 11) is 0. The monoisotopic (exact) mass is 250 g/mol. The van der Waals surface area contributed by atoms with Crippen molar-refractivity contribution in [1.82, 2.24) is 0 Å². The first-order chi connectivity index (χ1) is 8.20. The predicted molar refractivity (Wildman–Crippen MR) is 63.3 cm³/mol. The van der Waals surface area contributed by atoms with Crippen molar-refractivity contribution in [2.45, 2.75) is 0 Å². The summed E-state index contributed by atoms with van der Waals surface area (Å²) in [5.74, 6) is 0.440. The zero-order valence-electron chi connectivity index (χ0n) is 8.69. The Kier molecular flexibility index (Phi) is 3.40. The van der Waals surface area contributed by atoms with Crippen molar-refractivity contribution in [2.24, 2.45) is 0 Å². The zero-order valence-corrected chi connectivity index (χ0v) is 9.45. The molecule has 2 aromatic rings. The molecule has 2 rings (SSSR count). The first-order valence-corrected chi connectivity index (χ1v) is 5.25. The molecule has 0 unspecified atom stereocenters. The van der Waals surface area contributed by atoms with Crippen LogP contribution in [0.3, 0.4) is 0 Å². The van der Waals surface area contributed by atoms with Gasteiger partial charge in [-0.15, -0.1) is 0 Å². The van der Waals surface area contributed by atoms with Gasteiger partial charge in [0.2, 0.25) is 0 Å². The van der Waals surface area contributed by atoms with E-state index < -0.39 is 0 Å². The number of halogens is 2. The molecule has 0 aliphatic rings. The molecule has 4 heteroatoms. The van der Waals surface area contributed by atoms with Crippen molar-refractivity contribution < 1.29 is 13.9 Å². The fourth-order valence-corrected chi connectivity index (χ4v) is 1.56. The van der Waals surface area contributed by atoms with Gasteiger partial charge in [-0.25, -0.2) is 4.39 Å². The predicted octanol–water partition coefficient (Wildman–Crippen LogP) is 4.08. The van der Waals surface area contributed by atoms with Crippen LogP contribution in [0.4, 0.5) is 4.39 Å². The number of benzene rings is 2. The number of rotatable bonds is 3. The highest BCUT2D eigenvalue weighted by Crippen LogP contribution is 2.28. The van der Waals surface area contributed by atoms with E-state index in [1.54, 1.807) is 18.2 Å². The van der Waals surface area contributed by atoms with E-state index in [4.69, 9.17) is 16.3 Å². The van der Waals surface area contributed by atoms with Crippen LogP contribution in [0.25, 0.3) is 0 Å². The van der Waals surface area contributed by atoms with Gasteiger partial charge in [-0.2, -0.15) is 0 Å². The van der Waals surface area contributed by atoms with E-state index in [0.29, 0.717) is 22.8 Å². The maximum Gasteiger partial charge on any atom is 0.155 e. The fourth-order valence-electron chi connectivity index (χ4n) is 1.35. The van der Waals surface area contributed by atoms with Crippen molar-refractivity contribution in [3.8, 4) is 11.5 Å². The smallest absolute Gasteiger partial charge is 0.155 e. The van der Waals surface area contributed by atoms with Crippen LogP contribution < -0.4 is 4.74 Å².